The largest absolute Gasteiger partial charge is 0.507 e. The highest BCUT2D eigenvalue weighted by Gasteiger charge is 2.24. The van der Waals surface area contributed by atoms with Crippen LogP contribution in [-0.4, -0.2) is 22.8 Å². The van der Waals surface area contributed by atoms with E-state index < -0.39 is 0 Å². The Labute approximate surface area is 154 Å². The van der Waals surface area contributed by atoms with E-state index in [-0.39, 0.29) is 11.7 Å². The first-order valence-electron chi connectivity index (χ1n) is 7.56. The summed E-state index contributed by atoms with van der Waals surface area (Å²) in [7, 11) is 0. The van der Waals surface area contributed by atoms with Gasteiger partial charge in [-0.3, -0.25) is 4.79 Å². The second-order valence-corrected chi connectivity index (χ2v) is 6.58. The summed E-state index contributed by atoms with van der Waals surface area (Å²) in [5.74, 6) is 0.558. The van der Waals surface area contributed by atoms with Crippen LogP contribution in [0.4, 0.5) is 5.69 Å². The third-order valence-electron chi connectivity index (χ3n) is 3.31. The van der Waals surface area contributed by atoms with Crippen LogP contribution in [0.15, 0.2) is 52.4 Å². The first-order valence-corrected chi connectivity index (χ1v) is 8.75. The predicted molar refractivity (Wildman–Crippen MR) is 102 cm³/mol. The highest BCUT2D eigenvalue weighted by atomic mass is 35.5. The summed E-state index contributed by atoms with van der Waals surface area (Å²) in [6.45, 7) is 2.52. The Morgan fingerprint density at radius 2 is 2.04 bits per heavy atom. The van der Waals surface area contributed by atoms with Crippen molar-refractivity contribution in [3.63, 3.8) is 0 Å². The Morgan fingerprint density at radius 3 is 2.76 bits per heavy atom. The van der Waals surface area contributed by atoms with Gasteiger partial charge < -0.3 is 15.2 Å². The minimum Gasteiger partial charge on any atom is -0.507 e. The van der Waals surface area contributed by atoms with Crippen molar-refractivity contribution in [2.24, 2.45) is 4.99 Å². The van der Waals surface area contributed by atoms with Gasteiger partial charge in [0.05, 0.1) is 17.2 Å². The van der Waals surface area contributed by atoms with E-state index in [1.807, 2.05) is 31.2 Å². The maximum atomic E-state index is 12.1. The summed E-state index contributed by atoms with van der Waals surface area (Å²) in [5, 5.41) is 13.5. The number of phenols is 1. The molecule has 0 saturated carbocycles. The molecule has 128 valence electrons. The molecule has 7 heteroatoms. The number of nitrogens with one attached hydrogen (secondary N) is 1. The number of halogens is 1. The molecule has 1 heterocycles. The van der Waals surface area contributed by atoms with Crippen LogP contribution in [0.25, 0.3) is 6.08 Å². The van der Waals surface area contributed by atoms with Crippen LogP contribution in [0.1, 0.15) is 12.5 Å². The fourth-order valence-corrected chi connectivity index (χ4v) is 3.18. The lowest BCUT2D eigenvalue weighted by Gasteiger charge is -2.02. The van der Waals surface area contributed by atoms with Crippen molar-refractivity contribution in [3.05, 3.63) is 58.0 Å². The molecule has 1 aliphatic rings. The molecule has 0 bridgehead atoms. The first kappa shape index (κ1) is 17.4. The third-order valence-corrected chi connectivity index (χ3v) is 4.45. The molecule has 0 aliphatic carbocycles. The fourth-order valence-electron chi connectivity index (χ4n) is 2.16. The molecular formula is C18H15ClN2O3S. The zero-order valence-electron chi connectivity index (χ0n) is 13.3. The molecular weight excluding hydrogens is 360 g/mol. The predicted octanol–water partition coefficient (Wildman–Crippen LogP) is 4.34. The molecule has 25 heavy (non-hydrogen) atoms. The Morgan fingerprint density at radius 1 is 1.28 bits per heavy atom. The molecule has 0 radical (unpaired) electrons. The van der Waals surface area contributed by atoms with Gasteiger partial charge in [-0.15, -0.1) is 0 Å². The number of benzene rings is 2. The minimum atomic E-state index is -0.269. The van der Waals surface area contributed by atoms with Gasteiger partial charge in [-0.05, 0) is 67.2 Å². The Kier molecular flexibility index (Phi) is 5.31. The molecule has 2 aromatic carbocycles. The van der Waals surface area contributed by atoms with Gasteiger partial charge in [0, 0.05) is 10.6 Å². The molecule has 3 rings (SSSR count). The van der Waals surface area contributed by atoms with E-state index in [0.29, 0.717) is 33.0 Å². The lowest BCUT2D eigenvalue weighted by atomic mass is 10.2. The van der Waals surface area contributed by atoms with Crippen molar-refractivity contribution in [1.29, 1.82) is 0 Å². The Hall–Kier alpha value is -2.44. The van der Waals surface area contributed by atoms with E-state index in [1.54, 1.807) is 18.2 Å². The average Bonchev–Trinajstić information content (AvgIpc) is 2.92. The molecule has 0 atom stereocenters. The zero-order valence-corrected chi connectivity index (χ0v) is 14.9. The second kappa shape index (κ2) is 7.63. The first-order chi connectivity index (χ1) is 12.0. The molecule has 2 N–H and O–H groups in total. The van der Waals surface area contributed by atoms with Gasteiger partial charge in [0.2, 0.25) is 0 Å². The quantitative estimate of drug-likeness (QED) is 0.781. The molecule has 0 unspecified atom stereocenters. The number of hydrogen-bond donors (Lipinski definition) is 2. The number of thioether (sulfide) groups is 1. The molecule has 0 aromatic heterocycles. The second-order valence-electron chi connectivity index (χ2n) is 5.11. The zero-order chi connectivity index (χ0) is 17.8. The van der Waals surface area contributed by atoms with Crippen LogP contribution in [0.3, 0.4) is 0 Å². The van der Waals surface area contributed by atoms with Crippen molar-refractivity contribution in [2.45, 2.75) is 6.92 Å². The highest BCUT2D eigenvalue weighted by Crippen LogP contribution is 2.31. The summed E-state index contributed by atoms with van der Waals surface area (Å²) < 4.78 is 5.39. The summed E-state index contributed by atoms with van der Waals surface area (Å²) >= 11 is 7.13. The molecule has 1 aliphatic heterocycles. The number of aromatic hydroxyl groups is 1. The molecule has 1 saturated heterocycles. The highest BCUT2D eigenvalue weighted by molar-refractivity contribution is 8.18. The number of nitrogens with zero attached hydrogens (tertiary/aromatic N) is 1. The number of rotatable bonds is 4. The smallest absolute Gasteiger partial charge is 0.264 e. The van der Waals surface area contributed by atoms with Crippen molar-refractivity contribution in [3.8, 4) is 11.5 Å². The van der Waals surface area contributed by atoms with Gasteiger partial charge in [-0.25, -0.2) is 4.99 Å². The Balaban J connectivity index is 1.79. The number of carbonyl (C=O) groups is 1. The van der Waals surface area contributed by atoms with E-state index in [1.165, 1.54) is 17.8 Å². The van der Waals surface area contributed by atoms with Crippen LogP contribution in [0.2, 0.25) is 5.02 Å². The SMILES string of the molecule is CCOc1ccc(N=C2NC(=O)/C(=C/c3cc(Cl)ccc3O)S2)cc1. The maximum Gasteiger partial charge on any atom is 0.264 e. The van der Waals surface area contributed by atoms with Crippen LogP contribution in [-0.2, 0) is 4.79 Å². The Bertz CT molecular complexity index is 863. The van der Waals surface area contributed by atoms with Gasteiger partial charge in [-0.2, -0.15) is 0 Å². The number of hydrogen-bond acceptors (Lipinski definition) is 5. The van der Waals surface area contributed by atoms with Crippen molar-refractivity contribution < 1.29 is 14.6 Å². The monoisotopic (exact) mass is 374 g/mol. The van der Waals surface area contributed by atoms with Gasteiger partial charge in [0.1, 0.15) is 11.5 Å². The maximum absolute atomic E-state index is 12.1. The summed E-state index contributed by atoms with van der Waals surface area (Å²) in [4.78, 5) is 16.9. The van der Waals surface area contributed by atoms with Crippen LogP contribution in [0.5, 0.6) is 11.5 Å². The summed E-state index contributed by atoms with van der Waals surface area (Å²) in [6.07, 6.45) is 1.59. The van der Waals surface area contributed by atoms with E-state index in [0.717, 1.165) is 5.75 Å². The number of amides is 1. The van der Waals surface area contributed by atoms with Crippen LogP contribution >= 0.6 is 23.4 Å². The van der Waals surface area contributed by atoms with Gasteiger partial charge in [0.25, 0.3) is 5.91 Å². The fraction of sp³-hybridized carbons (Fsp3) is 0.111. The standard InChI is InChI=1S/C18H15ClN2O3S/c1-2-24-14-6-4-13(5-7-14)20-18-21-17(23)16(25-18)10-11-9-12(19)3-8-15(11)22/h3-10,22H,2H2,1H3,(H,20,21,23)/b16-10-. The average molecular weight is 375 g/mol. The van der Waals surface area contributed by atoms with Gasteiger partial charge in [-0.1, -0.05) is 11.6 Å². The van der Waals surface area contributed by atoms with Crippen molar-refractivity contribution in [1.82, 2.24) is 5.32 Å². The van der Waals surface area contributed by atoms with E-state index >= 15 is 0 Å². The molecule has 1 amide bonds. The molecule has 5 nitrogen and oxygen atoms in total. The van der Waals surface area contributed by atoms with E-state index in [9.17, 15) is 9.90 Å². The van der Waals surface area contributed by atoms with Gasteiger partial charge >= 0.3 is 0 Å². The molecule has 0 spiro atoms. The van der Waals surface area contributed by atoms with Crippen molar-refractivity contribution in [2.75, 3.05) is 6.61 Å². The van der Waals surface area contributed by atoms with E-state index in [2.05, 4.69) is 10.3 Å². The number of carbonyl (C=O) groups excluding carboxylic acids is 1. The number of aliphatic imine (C=N–C) groups is 1. The number of ether oxygens (including phenoxy) is 1. The number of amidine groups is 1. The summed E-state index contributed by atoms with van der Waals surface area (Å²) in [5.41, 5.74) is 1.19. The van der Waals surface area contributed by atoms with E-state index in [4.69, 9.17) is 16.3 Å². The molecule has 1 fully saturated rings. The summed E-state index contributed by atoms with van der Waals surface area (Å²) in [6, 6.07) is 11.9. The van der Waals surface area contributed by atoms with Crippen LogP contribution < -0.4 is 10.1 Å². The topological polar surface area (TPSA) is 70.9 Å². The van der Waals surface area contributed by atoms with Crippen molar-refractivity contribution >= 4 is 46.2 Å². The minimum absolute atomic E-state index is 0.0576. The van der Waals surface area contributed by atoms with Crippen LogP contribution in [0, 0.1) is 0 Å². The van der Waals surface area contributed by atoms with Gasteiger partial charge in [0.15, 0.2) is 5.17 Å². The molecule has 2 aromatic rings. The normalized spacial score (nSPS) is 17.1. The third kappa shape index (κ3) is 4.35. The lowest BCUT2D eigenvalue weighted by molar-refractivity contribution is -0.115. The number of phenolic OH excluding ortho intramolecular Hbond substituents is 1. The lowest BCUT2D eigenvalue weighted by Crippen LogP contribution is -2.19.